The highest BCUT2D eigenvalue weighted by molar-refractivity contribution is 5.77. The fourth-order valence-electron chi connectivity index (χ4n) is 2.27. The number of rotatable bonds is 8. The molecule has 2 rings (SSSR count). The molecule has 0 fully saturated rings. The third-order valence-corrected chi connectivity index (χ3v) is 4.12. The number of esters is 2. The van der Waals surface area contributed by atoms with Gasteiger partial charge in [0.1, 0.15) is 26.0 Å². The van der Waals surface area contributed by atoms with E-state index >= 15 is 0 Å². The van der Waals surface area contributed by atoms with Crippen LogP contribution >= 0.6 is 0 Å². The van der Waals surface area contributed by atoms with E-state index < -0.39 is 16.9 Å². The Kier molecular flexibility index (Phi) is 7.42. The van der Waals surface area contributed by atoms with Crippen LogP contribution in [0.25, 0.3) is 11.2 Å². The number of nitrogens with zero attached hydrogens (tertiary/aromatic N) is 4. The first-order chi connectivity index (χ1) is 14.3. The van der Waals surface area contributed by atoms with Crippen molar-refractivity contribution in [2.75, 3.05) is 26.1 Å². The van der Waals surface area contributed by atoms with Crippen molar-refractivity contribution in [1.29, 1.82) is 0 Å². The standard InChI is InChI=1S/C20H31N5O6/c1-19(2,3)16(26)29-8-12(9-30-17(27)20(4,5)6)31-11-25-10-22-13-14(25)23-18(21)24-15(13)28-7/h10,12H,8-9,11H2,1-7H3,(H2,21,23,24). The van der Waals surface area contributed by atoms with Crippen LogP contribution in [0.1, 0.15) is 41.5 Å². The molecule has 0 amide bonds. The van der Waals surface area contributed by atoms with Crippen LogP contribution < -0.4 is 10.5 Å². The Morgan fingerprint density at radius 2 is 1.58 bits per heavy atom. The molecule has 0 aromatic carbocycles. The predicted octanol–water partition coefficient (Wildman–Crippen LogP) is 1.94. The monoisotopic (exact) mass is 437 g/mol. The van der Waals surface area contributed by atoms with Crippen molar-refractivity contribution in [2.24, 2.45) is 10.8 Å². The van der Waals surface area contributed by atoms with E-state index in [1.165, 1.54) is 13.4 Å². The number of hydrogen-bond donors (Lipinski definition) is 1. The van der Waals surface area contributed by atoms with Crippen LogP contribution in [0.3, 0.4) is 0 Å². The second-order valence-electron chi connectivity index (χ2n) is 9.09. The molecule has 172 valence electrons. The molecule has 0 unspecified atom stereocenters. The van der Waals surface area contributed by atoms with E-state index in [2.05, 4.69) is 15.0 Å². The van der Waals surface area contributed by atoms with Crippen molar-refractivity contribution in [3.05, 3.63) is 6.33 Å². The minimum absolute atomic E-state index is 0.000904. The van der Waals surface area contributed by atoms with Gasteiger partial charge in [-0.3, -0.25) is 14.2 Å². The average Bonchev–Trinajstić information content (AvgIpc) is 3.07. The predicted molar refractivity (Wildman–Crippen MR) is 112 cm³/mol. The van der Waals surface area contributed by atoms with Crippen LogP contribution in [0.2, 0.25) is 0 Å². The van der Waals surface area contributed by atoms with Crippen LogP contribution in [0.15, 0.2) is 6.33 Å². The van der Waals surface area contributed by atoms with Crippen molar-refractivity contribution in [1.82, 2.24) is 19.5 Å². The summed E-state index contributed by atoms with van der Waals surface area (Å²) in [5, 5.41) is 0. The van der Waals surface area contributed by atoms with Crippen LogP contribution in [-0.2, 0) is 30.5 Å². The van der Waals surface area contributed by atoms with Gasteiger partial charge in [-0.05, 0) is 41.5 Å². The molecule has 2 aromatic rings. The molecule has 2 N–H and O–H groups in total. The fraction of sp³-hybridized carbons (Fsp3) is 0.650. The minimum Gasteiger partial charge on any atom is -0.479 e. The van der Waals surface area contributed by atoms with Gasteiger partial charge >= 0.3 is 11.9 Å². The zero-order valence-electron chi connectivity index (χ0n) is 19.1. The van der Waals surface area contributed by atoms with Gasteiger partial charge in [-0.2, -0.15) is 9.97 Å². The van der Waals surface area contributed by atoms with Crippen molar-refractivity contribution in [3.63, 3.8) is 0 Å². The topological polar surface area (TPSA) is 141 Å². The Morgan fingerprint density at radius 1 is 1.03 bits per heavy atom. The van der Waals surface area contributed by atoms with E-state index in [9.17, 15) is 9.59 Å². The molecule has 0 radical (unpaired) electrons. The maximum Gasteiger partial charge on any atom is 0.311 e. The normalized spacial score (nSPS) is 12.3. The van der Waals surface area contributed by atoms with Crippen LogP contribution in [0, 0.1) is 10.8 Å². The highest BCUT2D eigenvalue weighted by Crippen LogP contribution is 2.22. The van der Waals surface area contributed by atoms with Crippen molar-refractivity contribution in [2.45, 2.75) is 54.4 Å². The molecule has 11 nitrogen and oxygen atoms in total. The summed E-state index contributed by atoms with van der Waals surface area (Å²) in [4.78, 5) is 36.7. The number of fused-ring (bicyclic) bond motifs is 1. The summed E-state index contributed by atoms with van der Waals surface area (Å²) in [6.07, 6.45) is 0.803. The second-order valence-corrected chi connectivity index (χ2v) is 9.09. The largest absolute Gasteiger partial charge is 0.479 e. The van der Waals surface area contributed by atoms with Crippen LogP contribution in [-0.4, -0.2) is 57.9 Å². The molecule has 11 heteroatoms. The second kappa shape index (κ2) is 9.46. The lowest BCUT2D eigenvalue weighted by atomic mass is 9.97. The number of methoxy groups -OCH3 is 1. The molecule has 2 heterocycles. The summed E-state index contributed by atoms with van der Waals surface area (Å²) < 4.78 is 23.3. The Labute approximate surface area is 181 Å². The summed E-state index contributed by atoms with van der Waals surface area (Å²) in [7, 11) is 1.46. The Morgan fingerprint density at radius 3 is 2.06 bits per heavy atom. The van der Waals surface area contributed by atoms with Crippen molar-refractivity contribution >= 4 is 29.1 Å². The molecule has 31 heavy (non-hydrogen) atoms. The SMILES string of the molecule is COc1nc(N)nc2c1ncn2COC(COC(=O)C(C)(C)C)COC(=O)C(C)(C)C. The molecule has 0 atom stereocenters. The van der Waals surface area contributed by atoms with Crippen molar-refractivity contribution < 1.29 is 28.5 Å². The minimum atomic E-state index is -0.698. The number of nitrogen functional groups attached to an aromatic ring is 1. The van der Waals surface area contributed by atoms with Gasteiger partial charge in [0.2, 0.25) is 11.8 Å². The molecule has 0 aliphatic heterocycles. The zero-order valence-corrected chi connectivity index (χ0v) is 19.1. The maximum absolute atomic E-state index is 12.1. The summed E-state index contributed by atoms with van der Waals surface area (Å²) in [6, 6.07) is 0. The first-order valence-corrected chi connectivity index (χ1v) is 9.81. The molecule has 0 saturated heterocycles. The summed E-state index contributed by atoms with van der Waals surface area (Å²) in [5.74, 6) is -0.500. The van der Waals surface area contributed by atoms with Gasteiger partial charge in [0.25, 0.3) is 0 Å². The van der Waals surface area contributed by atoms with Crippen molar-refractivity contribution in [3.8, 4) is 5.88 Å². The highest BCUT2D eigenvalue weighted by Gasteiger charge is 2.27. The molecule has 2 aromatic heterocycles. The number of carbonyl (C=O) groups excluding carboxylic acids is 2. The van der Waals surface area contributed by atoms with Gasteiger partial charge in [-0.25, -0.2) is 4.98 Å². The first-order valence-electron chi connectivity index (χ1n) is 9.81. The van der Waals surface area contributed by atoms with Gasteiger partial charge in [0, 0.05) is 0 Å². The van der Waals surface area contributed by atoms with Gasteiger partial charge in [0.05, 0.1) is 24.3 Å². The van der Waals surface area contributed by atoms with E-state index in [0.717, 1.165) is 0 Å². The number of aromatic nitrogens is 4. The Hall–Kier alpha value is -2.95. The third-order valence-electron chi connectivity index (χ3n) is 4.12. The number of anilines is 1. The van der Waals surface area contributed by atoms with E-state index in [0.29, 0.717) is 11.2 Å². The smallest absolute Gasteiger partial charge is 0.311 e. The van der Waals surface area contributed by atoms with Gasteiger partial charge in [-0.1, -0.05) is 0 Å². The Bertz CT molecular complexity index is 899. The third kappa shape index (κ3) is 6.51. The number of hydrogen-bond acceptors (Lipinski definition) is 10. The van der Waals surface area contributed by atoms with E-state index in [4.69, 9.17) is 24.7 Å². The van der Waals surface area contributed by atoms with E-state index in [-0.39, 0.29) is 43.7 Å². The molecule has 0 bridgehead atoms. The van der Waals surface area contributed by atoms with Gasteiger partial charge < -0.3 is 24.7 Å². The summed E-state index contributed by atoms with van der Waals surface area (Å²) in [6.45, 7) is 10.3. The van der Waals surface area contributed by atoms with E-state index in [1.54, 1.807) is 46.1 Å². The number of ether oxygens (including phenoxy) is 4. The number of nitrogens with two attached hydrogens (primary N) is 1. The molecule has 0 aliphatic carbocycles. The summed E-state index contributed by atoms with van der Waals surface area (Å²) in [5.41, 5.74) is 5.24. The average molecular weight is 437 g/mol. The Balaban J connectivity index is 2.13. The lowest BCUT2D eigenvalue weighted by Crippen LogP contribution is -2.34. The number of imidazole rings is 1. The molecular formula is C20H31N5O6. The fourth-order valence-corrected chi connectivity index (χ4v) is 2.27. The van der Waals surface area contributed by atoms with Gasteiger partial charge in [0.15, 0.2) is 11.2 Å². The van der Waals surface area contributed by atoms with E-state index in [1.807, 2.05) is 0 Å². The lowest BCUT2D eigenvalue weighted by Gasteiger charge is -2.23. The quantitative estimate of drug-likeness (QED) is 0.609. The van der Waals surface area contributed by atoms with Crippen LogP contribution in [0.4, 0.5) is 5.95 Å². The molecule has 0 spiro atoms. The van der Waals surface area contributed by atoms with Gasteiger partial charge in [-0.15, -0.1) is 0 Å². The zero-order chi connectivity index (χ0) is 23.4. The molecule has 0 aliphatic rings. The lowest BCUT2D eigenvalue weighted by molar-refractivity contribution is -0.166. The number of carbonyl (C=O) groups is 2. The molecular weight excluding hydrogens is 406 g/mol. The first kappa shape index (κ1) is 24.3. The van der Waals surface area contributed by atoms with Crippen LogP contribution in [0.5, 0.6) is 5.88 Å². The maximum atomic E-state index is 12.1. The highest BCUT2D eigenvalue weighted by atomic mass is 16.6. The molecule has 0 saturated carbocycles. The summed E-state index contributed by atoms with van der Waals surface area (Å²) >= 11 is 0.